The quantitative estimate of drug-likeness (QED) is 0.0404. The Bertz CT molecular complexity index is 2680. The van der Waals surface area contributed by atoms with Crippen LogP contribution in [0.4, 0.5) is 0 Å². The largest absolute Gasteiger partial charge is 0.394 e. The molecule has 27 N–H and O–H groups in total. The van der Waals surface area contributed by atoms with E-state index in [1.165, 1.54) is 13.8 Å². The van der Waals surface area contributed by atoms with E-state index in [0.29, 0.717) is 0 Å². The second-order valence-electron chi connectivity index (χ2n) is 26.6. The average molecular weight is 1530 g/mol. The van der Waals surface area contributed by atoms with Crippen molar-refractivity contribution >= 4 is 11.8 Å². The van der Waals surface area contributed by atoms with Gasteiger partial charge >= 0.3 is 0 Å². The van der Waals surface area contributed by atoms with Gasteiger partial charge in [-0.15, -0.1) is 0 Å². The van der Waals surface area contributed by atoms with Crippen molar-refractivity contribution in [2.24, 2.45) is 0 Å². The number of hydrogen-bond acceptors (Lipinski definition) is 44. The molecule has 0 saturated carbocycles. The van der Waals surface area contributed by atoms with Crippen molar-refractivity contribution in [1.82, 2.24) is 10.6 Å². The number of aliphatic hydroxyl groups excluding tert-OH is 25. The monoisotopic (exact) mass is 1530 g/mol. The van der Waals surface area contributed by atoms with Gasteiger partial charge in [0.25, 0.3) is 0 Å². The van der Waals surface area contributed by atoms with Gasteiger partial charge in [-0.3, -0.25) is 9.59 Å². The third kappa shape index (κ3) is 17.9. The standard InChI is InChI=1S/C58H98N2O44/c1-12-25(70)32(77)37(82)53(88-12)100-45-24(60-15(4)69)52(96-22(11-67)44(45)99-58-49(104-54-38(83)33(78)26(71)13(2)89-54)48(30(75)19(8-64)94-58)103-55-39(84)34(79)27(72)16(5-61)91-55)102-47-29(74)18(7-63)92-56(41(47)86)97-42-21(10-66)95-51(23(31(42)76)59-14(3)68)101-46-28(73)17(6-62)93-57(40(46)85)98-43-20(9-65)90-50(87)36(81)35(43)80/h12-13,16-58,61-67,70-87H,5-11H2,1-4H3,(H,59,68)(H,60,69)/t12-,13-,16+,17+,18+,19+,20+,21+,22+,23+,24+,25+,26+,27-,28-,29-,30-,31+,32+,33+,34-,35+,36+,37-,38-,39+,40+,41+,42+,43+,44+,45+,46-,47-,48-,49+,50?,51-,52-,53-,54-,55+,56-,57-,58-/m0/s1. The van der Waals surface area contributed by atoms with Gasteiger partial charge in [0.1, 0.15) is 207 Å². The first-order valence-corrected chi connectivity index (χ1v) is 33.4. The maximum Gasteiger partial charge on any atom is 0.217 e. The van der Waals surface area contributed by atoms with Crippen molar-refractivity contribution in [3.8, 4) is 0 Å². The number of ether oxygens (including phenoxy) is 17. The molecule has 9 fully saturated rings. The molecule has 9 saturated heterocycles. The zero-order chi connectivity index (χ0) is 76.5. The summed E-state index contributed by atoms with van der Waals surface area (Å²) in [7, 11) is 0. The van der Waals surface area contributed by atoms with Gasteiger partial charge in [0.05, 0.1) is 58.5 Å². The number of aliphatic hydroxyl groups is 25. The topological polar surface area (TPSA) is 721 Å². The molecule has 9 aliphatic rings. The Morgan fingerprint density at radius 3 is 0.990 bits per heavy atom. The summed E-state index contributed by atoms with van der Waals surface area (Å²) in [6.07, 6.45) is -87.5. The molecule has 46 heteroatoms. The summed E-state index contributed by atoms with van der Waals surface area (Å²) in [6.45, 7) is -3.42. The van der Waals surface area contributed by atoms with Crippen molar-refractivity contribution < 1.29 is 218 Å². The first-order valence-electron chi connectivity index (χ1n) is 33.4. The Morgan fingerprint density at radius 1 is 0.250 bits per heavy atom. The third-order valence-corrected chi connectivity index (χ3v) is 19.5. The summed E-state index contributed by atoms with van der Waals surface area (Å²) in [5.41, 5.74) is 0. The van der Waals surface area contributed by atoms with Gasteiger partial charge in [-0.1, -0.05) is 0 Å². The molecule has 104 heavy (non-hydrogen) atoms. The minimum Gasteiger partial charge on any atom is -0.394 e. The molecule has 9 heterocycles. The van der Waals surface area contributed by atoms with E-state index in [9.17, 15) is 137 Å². The molecule has 0 aromatic rings. The lowest BCUT2D eigenvalue weighted by Gasteiger charge is -2.53. The number of carbonyl (C=O) groups excluding carboxylic acids is 2. The molecule has 9 rings (SSSR count). The molecule has 0 radical (unpaired) electrons. The number of carbonyl (C=O) groups is 2. The van der Waals surface area contributed by atoms with E-state index in [0.717, 1.165) is 13.8 Å². The predicted octanol–water partition coefficient (Wildman–Crippen LogP) is -18.3. The number of hydrogen-bond donors (Lipinski definition) is 27. The first-order chi connectivity index (χ1) is 49.2. The van der Waals surface area contributed by atoms with Gasteiger partial charge in [0.15, 0.2) is 56.6 Å². The molecule has 0 aromatic heterocycles. The summed E-state index contributed by atoms with van der Waals surface area (Å²) in [5.74, 6) is -1.95. The van der Waals surface area contributed by atoms with Gasteiger partial charge in [0.2, 0.25) is 11.8 Å². The lowest BCUT2D eigenvalue weighted by molar-refractivity contribution is -0.411. The molecule has 2 amide bonds. The minimum atomic E-state index is -2.44. The van der Waals surface area contributed by atoms with E-state index in [-0.39, 0.29) is 0 Å². The van der Waals surface area contributed by atoms with Gasteiger partial charge in [0, 0.05) is 13.8 Å². The normalized spacial score (nSPS) is 51.9. The van der Waals surface area contributed by atoms with Crippen LogP contribution in [0.3, 0.4) is 0 Å². The van der Waals surface area contributed by atoms with Crippen LogP contribution in [0.1, 0.15) is 27.7 Å². The van der Waals surface area contributed by atoms with Gasteiger partial charge in [-0.05, 0) is 13.8 Å². The average Bonchev–Trinajstić information content (AvgIpc) is 0.760. The van der Waals surface area contributed by atoms with Crippen LogP contribution in [0.5, 0.6) is 0 Å². The highest BCUT2D eigenvalue weighted by molar-refractivity contribution is 5.73. The van der Waals surface area contributed by atoms with E-state index >= 15 is 0 Å². The van der Waals surface area contributed by atoms with E-state index in [2.05, 4.69) is 10.6 Å². The van der Waals surface area contributed by atoms with Gasteiger partial charge < -0.3 is 219 Å². The Hall–Kier alpha value is -2.74. The molecule has 1 unspecified atom stereocenters. The molecule has 46 nitrogen and oxygen atoms in total. The van der Waals surface area contributed by atoms with Gasteiger partial charge in [-0.25, -0.2) is 0 Å². The van der Waals surface area contributed by atoms with Crippen LogP contribution in [0.2, 0.25) is 0 Å². The fourth-order valence-corrected chi connectivity index (χ4v) is 13.6. The SMILES string of the molecule is CC(=O)N[C@H]1[C@H](O[C@H]2[C@@H](O)[C@@H](CO)O[C@@H](O[C@H]3[C@H](O)[C@@H](O)C(O)O[C@@H]3CO)[C@@H]2O)O[C@H](CO)[C@@H](O[C@@H]2O[C@H](CO)[C@H](O)[C@H](O[C@@H]3O[C@H](CO)[C@@H](O[C@@H]4O[C@H](CO)[C@H](O)[C@H](O[C@H]5O[C@H](CO)[C@H](O)[C@H](O)[C@H]5O)[C@H]4O[C@@H]4O[C@@H](C)[C@@H](O)[C@@H](O)[C@@H]4O)[C@H](O[C@@H]4O[C@@H](C)[C@@H](O)[C@@H](O)[C@@H]4O)[C@H]3NC(C)=O)[C@H]2O)[C@@H]1O. The summed E-state index contributed by atoms with van der Waals surface area (Å²) in [5, 5.41) is 280. The van der Waals surface area contributed by atoms with Crippen LogP contribution >= 0.6 is 0 Å². The first kappa shape index (κ1) is 85.3. The molecule has 45 atom stereocenters. The molecular formula is C58H98N2O44. The van der Waals surface area contributed by atoms with E-state index in [1.54, 1.807) is 0 Å². The van der Waals surface area contributed by atoms with Crippen LogP contribution in [-0.4, -0.2) is 462 Å². The van der Waals surface area contributed by atoms with E-state index in [1.807, 2.05) is 0 Å². The highest BCUT2D eigenvalue weighted by Crippen LogP contribution is 2.41. The Kier molecular flexibility index (Phi) is 30.0. The van der Waals surface area contributed by atoms with Crippen LogP contribution in [0.15, 0.2) is 0 Å². The van der Waals surface area contributed by atoms with Crippen molar-refractivity contribution in [2.75, 3.05) is 46.2 Å². The number of amides is 2. The Labute approximate surface area is 589 Å². The lowest BCUT2D eigenvalue weighted by Crippen LogP contribution is -2.72. The second-order valence-corrected chi connectivity index (χ2v) is 26.6. The Balaban J connectivity index is 1.03. The summed E-state index contributed by atoms with van der Waals surface area (Å²) < 4.78 is 101. The predicted molar refractivity (Wildman–Crippen MR) is 317 cm³/mol. The summed E-state index contributed by atoms with van der Waals surface area (Å²) in [6, 6.07) is -3.98. The van der Waals surface area contributed by atoms with Crippen LogP contribution in [0, 0.1) is 0 Å². The van der Waals surface area contributed by atoms with Crippen LogP contribution in [0.25, 0.3) is 0 Å². The van der Waals surface area contributed by atoms with Crippen molar-refractivity contribution in [3.05, 3.63) is 0 Å². The molecular weight excluding hydrogens is 1430 g/mol. The molecule has 0 spiro atoms. The van der Waals surface area contributed by atoms with Gasteiger partial charge in [-0.2, -0.15) is 0 Å². The maximum absolute atomic E-state index is 13.6. The third-order valence-electron chi connectivity index (χ3n) is 19.5. The Morgan fingerprint density at radius 2 is 0.548 bits per heavy atom. The summed E-state index contributed by atoms with van der Waals surface area (Å²) >= 11 is 0. The smallest absolute Gasteiger partial charge is 0.217 e. The lowest BCUT2D eigenvalue weighted by atomic mass is 9.93. The van der Waals surface area contributed by atoms with Crippen LogP contribution < -0.4 is 10.6 Å². The maximum atomic E-state index is 13.6. The summed E-state index contributed by atoms with van der Waals surface area (Å²) in [4.78, 5) is 26.5. The molecule has 0 aromatic carbocycles. The van der Waals surface area contributed by atoms with Crippen molar-refractivity contribution in [1.29, 1.82) is 0 Å². The zero-order valence-corrected chi connectivity index (χ0v) is 55.9. The fourth-order valence-electron chi connectivity index (χ4n) is 13.6. The molecule has 604 valence electrons. The molecule has 9 aliphatic heterocycles. The zero-order valence-electron chi connectivity index (χ0n) is 55.9. The molecule has 0 bridgehead atoms. The molecule has 0 aliphatic carbocycles. The number of rotatable bonds is 25. The van der Waals surface area contributed by atoms with E-state index < -0.39 is 334 Å². The minimum absolute atomic E-state index is 0.919. The van der Waals surface area contributed by atoms with Crippen molar-refractivity contribution in [3.63, 3.8) is 0 Å². The van der Waals surface area contributed by atoms with Crippen molar-refractivity contribution in [2.45, 2.75) is 304 Å². The fraction of sp³-hybridized carbons (Fsp3) is 0.966. The second kappa shape index (κ2) is 36.6. The van der Waals surface area contributed by atoms with E-state index in [4.69, 9.17) is 80.5 Å². The van der Waals surface area contributed by atoms with Crippen LogP contribution in [-0.2, 0) is 90.1 Å². The highest BCUT2D eigenvalue weighted by atomic mass is 16.8. The number of nitrogens with one attached hydrogen (secondary N) is 2. The highest BCUT2D eigenvalue weighted by Gasteiger charge is 2.62.